The fourth-order valence-electron chi connectivity index (χ4n) is 2.90. The van der Waals surface area contributed by atoms with Gasteiger partial charge in [-0.1, -0.05) is 18.2 Å². The second kappa shape index (κ2) is 7.75. The van der Waals surface area contributed by atoms with Gasteiger partial charge in [-0.15, -0.1) is 0 Å². The summed E-state index contributed by atoms with van der Waals surface area (Å²) in [6.45, 7) is 0. The van der Waals surface area contributed by atoms with Crippen LogP contribution in [0.5, 0.6) is 0 Å². The first-order valence-electron chi connectivity index (χ1n) is 8.31. The molecule has 0 aliphatic carbocycles. The van der Waals surface area contributed by atoms with Gasteiger partial charge in [-0.05, 0) is 31.0 Å². The number of pyridine rings is 1. The van der Waals surface area contributed by atoms with Crippen molar-refractivity contribution in [1.29, 1.82) is 0 Å². The van der Waals surface area contributed by atoms with Crippen molar-refractivity contribution in [3.8, 4) is 5.69 Å². The quantitative estimate of drug-likeness (QED) is 0.372. The summed E-state index contributed by atoms with van der Waals surface area (Å²) in [5, 5.41) is 0.935. The van der Waals surface area contributed by atoms with E-state index in [1.165, 1.54) is 7.11 Å². The van der Waals surface area contributed by atoms with Crippen LogP contribution >= 0.6 is 0 Å². The second-order valence-corrected chi connectivity index (χ2v) is 5.85. The summed E-state index contributed by atoms with van der Waals surface area (Å²) < 4.78 is 6.61. The zero-order chi connectivity index (χ0) is 17.6. The lowest BCUT2D eigenvalue weighted by atomic mass is 10.0. The van der Waals surface area contributed by atoms with Crippen LogP contribution in [0, 0.1) is 0 Å². The Kier molecular flexibility index (Phi) is 5.23. The maximum absolute atomic E-state index is 12.7. The number of rotatable bonds is 7. The zero-order valence-electron chi connectivity index (χ0n) is 14.1. The van der Waals surface area contributed by atoms with Gasteiger partial charge in [0.15, 0.2) is 5.78 Å². The lowest BCUT2D eigenvalue weighted by Gasteiger charge is -2.03. The van der Waals surface area contributed by atoms with E-state index in [0.29, 0.717) is 31.2 Å². The fraction of sp³-hybridized carbons (Fsp3) is 0.250. The van der Waals surface area contributed by atoms with E-state index >= 15 is 0 Å². The third kappa shape index (κ3) is 3.76. The Labute approximate surface area is 146 Å². The Morgan fingerprint density at radius 3 is 2.64 bits per heavy atom. The van der Waals surface area contributed by atoms with Crippen LogP contribution in [0.4, 0.5) is 0 Å². The van der Waals surface area contributed by atoms with Gasteiger partial charge in [-0.2, -0.15) is 0 Å². The van der Waals surface area contributed by atoms with Crippen molar-refractivity contribution in [2.45, 2.75) is 25.7 Å². The predicted molar refractivity (Wildman–Crippen MR) is 95.9 cm³/mol. The lowest BCUT2D eigenvalue weighted by molar-refractivity contribution is -0.140. The Morgan fingerprint density at radius 1 is 1.08 bits per heavy atom. The molecule has 2 aromatic heterocycles. The molecule has 0 aliphatic heterocycles. The van der Waals surface area contributed by atoms with E-state index in [-0.39, 0.29) is 11.8 Å². The number of ketones is 1. The molecular weight excluding hydrogens is 316 g/mol. The first kappa shape index (κ1) is 16.9. The molecule has 25 heavy (non-hydrogen) atoms. The molecule has 0 atom stereocenters. The van der Waals surface area contributed by atoms with Crippen molar-refractivity contribution >= 4 is 22.7 Å². The van der Waals surface area contributed by atoms with E-state index < -0.39 is 0 Å². The maximum atomic E-state index is 12.7. The number of Topliss-reactive ketones (excluding diaryl/α,β-unsaturated/α-hetero) is 1. The first-order chi connectivity index (χ1) is 12.2. The summed E-state index contributed by atoms with van der Waals surface area (Å²) in [4.78, 5) is 28.0. The van der Waals surface area contributed by atoms with Gasteiger partial charge in [-0.25, -0.2) is 0 Å². The summed E-state index contributed by atoms with van der Waals surface area (Å²) in [6.07, 6.45) is 7.46. The van der Waals surface area contributed by atoms with Crippen molar-refractivity contribution in [2.75, 3.05) is 7.11 Å². The molecule has 0 bridgehead atoms. The average molecular weight is 336 g/mol. The molecule has 0 amide bonds. The van der Waals surface area contributed by atoms with E-state index in [4.69, 9.17) is 0 Å². The molecular formula is C20H20N2O3. The molecule has 2 heterocycles. The number of aromatic nitrogens is 2. The summed E-state index contributed by atoms with van der Waals surface area (Å²) in [5.41, 5.74) is 2.61. The highest BCUT2D eigenvalue weighted by molar-refractivity contribution is 6.08. The topological polar surface area (TPSA) is 61.2 Å². The number of unbranched alkanes of at least 4 members (excludes halogenated alkanes) is 1. The number of carbonyl (C=O) groups excluding carboxylic acids is 2. The number of esters is 1. The van der Waals surface area contributed by atoms with Gasteiger partial charge in [0.1, 0.15) is 0 Å². The standard InChI is InChI=1S/C20H20N2O3/c1-25-20(24)11-5-4-10-19(23)17-14-22(15-7-6-12-21-13-15)18-9-3-2-8-16(17)18/h2-3,6-9,12-14H,4-5,10-11H2,1H3. The molecule has 0 saturated carbocycles. The second-order valence-electron chi connectivity index (χ2n) is 5.85. The number of carbonyl (C=O) groups is 2. The lowest BCUT2D eigenvalue weighted by Crippen LogP contribution is -2.02. The zero-order valence-corrected chi connectivity index (χ0v) is 14.1. The minimum atomic E-state index is -0.236. The number of methoxy groups -OCH3 is 1. The van der Waals surface area contributed by atoms with Gasteiger partial charge < -0.3 is 9.30 Å². The van der Waals surface area contributed by atoms with Crippen LogP contribution in [0.1, 0.15) is 36.0 Å². The Bertz CT molecular complexity index is 884. The highest BCUT2D eigenvalue weighted by atomic mass is 16.5. The number of para-hydroxylation sites is 1. The van der Waals surface area contributed by atoms with Gasteiger partial charge in [0.2, 0.25) is 0 Å². The van der Waals surface area contributed by atoms with Crippen molar-refractivity contribution in [3.63, 3.8) is 0 Å². The van der Waals surface area contributed by atoms with Crippen molar-refractivity contribution in [1.82, 2.24) is 9.55 Å². The largest absolute Gasteiger partial charge is 0.469 e. The van der Waals surface area contributed by atoms with Crippen molar-refractivity contribution < 1.29 is 14.3 Å². The molecule has 128 valence electrons. The molecule has 0 N–H and O–H groups in total. The molecule has 0 radical (unpaired) electrons. The highest BCUT2D eigenvalue weighted by Crippen LogP contribution is 2.26. The molecule has 1 aromatic carbocycles. The highest BCUT2D eigenvalue weighted by Gasteiger charge is 2.15. The normalized spacial score (nSPS) is 10.8. The van der Waals surface area contributed by atoms with Gasteiger partial charge >= 0.3 is 5.97 Å². The third-order valence-electron chi connectivity index (χ3n) is 4.20. The number of fused-ring (bicyclic) bond motifs is 1. The van der Waals surface area contributed by atoms with Crippen molar-refractivity contribution in [2.24, 2.45) is 0 Å². The number of hydrogen-bond acceptors (Lipinski definition) is 4. The Morgan fingerprint density at radius 2 is 1.88 bits per heavy atom. The summed E-state index contributed by atoms with van der Waals surface area (Å²) in [6, 6.07) is 11.7. The monoisotopic (exact) mass is 336 g/mol. The van der Waals surface area contributed by atoms with Gasteiger partial charge in [0.05, 0.1) is 24.5 Å². The average Bonchev–Trinajstić information content (AvgIpc) is 3.05. The summed E-state index contributed by atoms with van der Waals surface area (Å²) >= 11 is 0. The molecule has 0 unspecified atom stereocenters. The first-order valence-corrected chi connectivity index (χ1v) is 8.31. The SMILES string of the molecule is COC(=O)CCCCC(=O)c1cn(-c2cccnc2)c2ccccc12. The third-order valence-corrected chi connectivity index (χ3v) is 4.20. The predicted octanol–water partition coefficient (Wildman–Crippen LogP) is 3.94. The van der Waals surface area contributed by atoms with Crippen LogP contribution in [-0.2, 0) is 9.53 Å². The van der Waals surface area contributed by atoms with E-state index in [1.54, 1.807) is 12.4 Å². The smallest absolute Gasteiger partial charge is 0.305 e. The molecule has 5 heteroatoms. The molecule has 0 saturated heterocycles. The molecule has 3 rings (SSSR count). The molecule has 0 fully saturated rings. The number of benzene rings is 1. The fourth-order valence-corrected chi connectivity index (χ4v) is 2.90. The minimum absolute atomic E-state index is 0.0868. The molecule has 0 spiro atoms. The van der Waals surface area contributed by atoms with Gasteiger partial charge in [-0.3, -0.25) is 14.6 Å². The number of ether oxygens (including phenoxy) is 1. The van der Waals surface area contributed by atoms with Crippen LogP contribution in [0.3, 0.4) is 0 Å². The van der Waals surface area contributed by atoms with Crippen LogP contribution in [0.15, 0.2) is 55.0 Å². The molecule has 5 nitrogen and oxygen atoms in total. The Hall–Kier alpha value is -2.95. The van der Waals surface area contributed by atoms with E-state index in [0.717, 1.165) is 16.6 Å². The van der Waals surface area contributed by atoms with Crippen LogP contribution in [0.2, 0.25) is 0 Å². The van der Waals surface area contributed by atoms with Gasteiger partial charge in [0, 0.05) is 36.2 Å². The molecule has 3 aromatic rings. The van der Waals surface area contributed by atoms with Crippen LogP contribution in [0.25, 0.3) is 16.6 Å². The van der Waals surface area contributed by atoms with E-state index in [9.17, 15) is 9.59 Å². The van der Waals surface area contributed by atoms with Crippen LogP contribution in [-0.4, -0.2) is 28.4 Å². The summed E-state index contributed by atoms with van der Waals surface area (Å²) in [7, 11) is 1.38. The van der Waals surface area contributed by atoms with Crippen molar-refractivity contribution in [3.05, 3.63) is 60.6 Å². The Balaban J connectivity index is 1.82. The maximum Gasteiger partial charge on any atom is 0.305 e. The summed E-state index contributed by atoms with van der Waals surface area (Å²) in [5.74, 6) is -0.149. The molecule has 0 aliphatic rings. The minimum Gasteiger partial charge on any atom is -0.469 e. The number of hydrogen-bond donors (Lipinski definition) is 0. The number of nitrogens with zero attached hydrogens (tertiary/aromatic N) is 2. The van der Waals surface area contributed by atoms with E-state index in [2.05, 4.69) is 9.72 Å². The van der Waals surface area contributed by atoms with Crippen LogP contribution < -0.4 is 0 Å². The van der Waals surface area contributed by atoms with Gasteiger partial charge in [0.25, 0.3) is 0 Å². The van der Waals surface area contributed by atoms with E-state index in [1.807, 2.05) is 47.2 Å².